The second-order valence-corrected chi connectivity index (χ2v) is 6.38. The van der Waals surface area contributed by atoms with Crippen LogP contribution in [0.4, 0.5) is 5.82 Å². The van der Waals surface area contributed by atoms with Crippen molar-refractivity contribution in [3.63, 3.8) is 0 Å². The summed E-state index contributed by atoms with van der Waals surface area (Å²) >= 11 is 0. The van der Waals surface area contributed by atoms with Gasteiger partial charge in [0.15, 0.2) is 23.0 Å². The number of hydrogen-bond acceptors (Lipinski definition) is 8. The van der Waals surface area contributed by atoms with Crippen LogP contribution in [0.3, 0.4) is 0 Å². The summed E-state index contributed by atoms with van der Waals surface area (Å²) in [5, 5.41) is 9.76. The summed E-state index contributed by atoms with van der Waals surface area (Å²) in [6.07, 6.45) is 0. The van der Waals surface area contributed by atoms with Gasteiger partial charge in [0.1, 0.15) is 17.5 Å². The third-order valence-electron chi connectivity index (χ3n) is 4.83. The van der Waals surface area contributed by atoms with Crippen LogP contribution in [0.15, 0.2) is 36.4 Å². The van der Waals surface area contributed by atoms with Crippen LogP contribution in [-0.2, 0) is 0 Å². The summed E-state index contributed by atoms with van der Waals surface area (Å²) in [5.74, 6) is 2.58. The van der Waals surface area contributed by atoms with Crippen LogP contribution in [0.2, 0.25) is 0 Å². The van der Waals surface area contributed by atoms with E-state index in [1.165, 1.54) is 21.3 Å². The molecule has 0 aliphatic carbocycles. The molecule has 0 atom stereocenters. The monoisotopic (exact) mass is 421 g/mol. The van der Waals surface area contributed by atoms with Crippen molar-refractivity contribution in [3.05, 3.63) is 42.0 Å². The van der Waals surface area contributed by atoms with Gasteiger partial charge >= 0.3 is 0 Å². The molecule has 160 valence electrons. The van der Waals surface area contributed by atoms with Crippen molar-refractivity contribution in [2.45, 2.75) is 0 Å². The van der Waals surface area contributed by atoms with Gasteiger partial charge < -0.3 is 29.4 Å². The van der Waals surface area contributed by atoms with Gasteiger partial charge in [0.25, 0.3) is 0 Å². The number of aromatic nitrogens is 1. The van der Waals surface area contributed by atoms with Crippen LogP contribution in [-0.4, -0.2) is 40.5 Å². The number of methoxy groups -OCH3 is 5. The molecule has 3 rings (SSSR count). The van der Waals surface area contributed by atoms with E-state index in [1.807, 2.05) is 6.07 Å². The number of nitrogen functional groups attached to an aromatic ring is 1. The molecule has 8 heteroatoms. The van der Waals surface area contributed by atoms with Crippen molar-refractivity contribution in [1.29, 1.82) is 5.26 Å². The number of pyridine rings is 1. The molecule has 8 nitrogen and oxygen atoms in total. The molecular formula is C23H23N3O5. The molecule has 0 spiro atoms. The molecule has 0 unspecified atom stereocenters. The molecule has 0 bridgehead atoms. The highest BCUT2D eigenvalue weighted by atomic mass is 16.5. The Hall–Kier alpha value is -4.12. The Bertz CT molecular complexity index is 1150. The number of nitrogens with two attached hydrogens (primary N) is 1. The minimum Gasteiger partial charge on any atom is -0.493 e. The van der Waals surface area contributed by atoms with Crippen LogP contribution < -0.4 is 29.4 Å². The maximum absolute atomic E-state index is 9.76. The molecule has 0 fully saturated rings. The third kappa shape index (κ3) is 3.85. The van der Waals surface area contributed by atoms with Gasteiger partial charge in [-0.2, -0.15) is 5.26 Å². The van der Waals surface area contributed by atoms with Crippen molar-refractivity contribution in [1.82, 2.24) is 4.98 Å². The molecule has 1 heterocycles. The maximum Gasteiger partial charge on any atom is 0.203 e. The van der Waals surface area contributed by atoms with Gasteiger partial charge in [0.05, 0.1) is 41.2 Å². The Morgan fingerprint density at radius 3 is 1.97 bits per heavy atom. The highest BCUT2D eigenvalue weighted by Gasteiger charge is 2.22. The molecular weight excluding hydrogens is 398 g/mol. The van der Waals surface area contributed by atoms with E-state index >= 15 is 0 Å². The molecule has 0 aliphatic heterocycles. The van der Waals surface area contributed by atoms with Gasteiger partial charge in [-0.3, -0.25) is 0 Å². The summed E-state index contributed by atoms with van der Waals surface area (Å²) < 4.78 is 27.1. The first-order valence-corrected chi connectivity index (χ1v) is 9.25. The van der Waals surface area contributed by atoms with Crippen molar-refractivity contribution in [2.24, 2.45) is 0 Å². The molecule has 2 aromatic carbocycles. The Kier molecular flexibility index (Phi) is 6.36. The van der Waals surface area contributed by atoms with E-state index < -0.39 is 0 Å². The lowest BCUT2D eigenvalue weighted by Gasteiger charge is -2.18. The SMILES string of the molecule is COc1ccc(-c2cc(-c3ccc(OC)c(OC)c3OC)c(C#N)c(N)n2)cc1OC. The summed E-state index contributed by atoms with van der Waals surface area (Å²) in [4.78, 5) is 4.43. The molecule has 2 N–H and O–H groups in total. The van der Waals surface area contributed by atoms with Gasteiger partial charge in [-0.25, -0.2) is 4.98 Å². The molecule has 0 saturated carbocycles. The fraction of sp³-hybridized carbons (Fsp3) is 0.217. The summed E-state index contributed by atoms with van der Waals surface area (Å²) in [5.41, 5.74) is 8.87. The lowest BCUT2D eigenvalue weighted by atomic mass is 9.97. The zero-order valence-electron chi connectivity index (χ0n) is 18.0. The number of nitrogens with zero attached hydrogens (tertiary/aromatic N) is 2. The fourth-order valence-corrected chi connectivity index (χ4v) is 3.35. The van der Waals surface area contributed by atoms with Crippen LogP contribution in [0, 0.1) is 11.3 Å². The highest BCUT2D eigenvalue weighted by molar-refractivity contribution is 5.85. The summed E-state index contributed by atoms with van der Waals surface area (Å²) in [6.45, 7) is 0. The zero-order chi connectivity index (χ0) is 22.5. The number of anilines is 1. The van der Waals surface area contributed by atoms with E-state index in [4.69, 9.17) is 29.4 Å². The van der Waals surface area contributed by atoms with Gasteiger partial charge in [0, 0.05) is 16.7 Å². The van der Waals surface area contributed by atoms with E-state index in [0.29, 0.717) is 45.6 Å². The van der Waals surface area contributed by atoms with Gasteiger partial charge in [-0.05, 0) is 36.4 Å². The van der Waals surface area contributed by atoms with E-state index in [9.17, 15) is 5.26 Å². The minimum absolute atomic E-state index is 0.0987. The second-order valence-electron chi connectivity index (χ2n) is 6.38. The fourth-order valence-electron chi connectivity index (χ4n) is 3.35. The van der Waals surface area contributed by atoms with Crippen molar-refractivity contribution in [3.8, 4) is 57.2 Å². The standard InChI is InChI=1S/C23H23N3O5/c1-27-18-8-6-13(10-20(18)29-3)17-11-15(16(12-24)23(25)26-17)14-7-9-19(28-2)22(31-5)21(14)30-4/h6-11H,1-5H3,(H2,25,26). The van der Waals surface area contributed by atoms with Crippen molar-refractivity contribution < 1.29 is 23.7 Å². The van der Waals surface area contributed by atoms with Crippen molar-refractivity contribution in [2.75, 3.05) is 41.3 Å². The normalized spacial score (nSPS) is 10.2. The summed E-state index contributed by atoms with van der Waals surface area (Å²) in [7, 11) is 7.70. The molecule has 1 aromatic heterocycles. The predicted molar refractivity (Wildman–Crippen MR) is 117 cm³/mol. The van der Waals surface area contributed by atoms with Crippen molar-refractivity contribution >= 4 is 5.82 Å². The summed E-state index contributed by atoms with van der Waals surface area (Å²) in [6, 6.07) is 12.9. The first-order valence-electron chi connectivity index (χ1n) is 9.25. The van der Waals surface area contributed by atoms with Gasteiger partial charge in [-0.15, -0.1) is 0 Å². The average molecular weight is 421 g/mol. The first kappa shape index (κ1) is 21.6. The lowest BCUT2D eigenvalue weighted by molar-refractivity contribution is 0.325. The highest BCUT2D eigenvalue weighted by Crippen LogP contribution is 2.46. The number of nitriles is 1. The smallest absolute Gasteiger partial charge is 0.203 e. The molecule has 0 amide bonds. The quantitative estimate of drug-likeness (QED) is 0.612. The molecule has 0 radical (unpaired) electrons. The van der Waals surface area contributed by atoms with E-state index in [2.05, 4.69) is 11.1 Å². The van der Waals surface area contributed by atoms with E-state index in [0.717, 1.165) is 5.56 Å². The van der Waals surface area contributed by atoms with Crippen LogP contribution in [0.5, 0.6) is 28.7 Å². The van der Waals surface area contributed by atoms with E-state index in [1.54, 1.807) is 44.6 Å². The zero-order valence-corrected chi connectivity index (χ0v) is 18.0. The number of ether oxygens (including phenoxy) is 5. The molecule has 3 aromatic rings. The molecule has 0 aliphatic rings. The number of hydrogen-bond donors (Lipinski definition) is 1. The Balaban J connectivity index is 2.28. The predicted octanol–water partition coefficient (Wildman–Crippen LogP) is 3.91. The molecule has 0 saturated heterocycles. The third-order valence-corrected chi connectivity index (χ3v) is 4.83. The average Bonchev–Trinajstić information content (AvgIpc) is 2.81. The van der Waals surface area contributed by atoms with Crippen LogP contribution >= 0.6 is 0 Å². The Morgan fingerprint density at radius 1 is 0.742 bits per heavy atom. The lowest BCUT2D eigenvalue weighted by Crippen LogP contribution is -2.02. The first-order chi connectivity index (χ1) is 15.0. The molecule has 31 heavy (non-hydrogen) atoms. The minimum atomic E-state index is 0.0987. The van der Waals surface area contributed by atoms with E-state index in [-0.39, 0.29) is 11.4 Å². The van der Waals surface area contributed by atoms with Gasteiger partial charge in [0.2, 0.25) is 5.75 Å². The maximum atomic E-state index is 9.76. The Morgan fingerprint density at radius 2 is 1.39 bits per heavy atom. The van der Waals surface area contributed by atoms with Crippen LogP contribution in [0.1, 0.15) is 5.56 Å². The topological polar surface area (TPSA) is 109 Å². The largest absolute Gasteiger partial charge is 0.493 e. The van der Waals surface area contributed by atoms with Gasteiger partial charge in [-0.1, -0.05) is 0 Å². The van der Waals surface area contributed by atoms with Crippen LogP contribution in [0.25, 0.3) is 22.4 Å². The second kappa shape index (κ2) is 9.13. The number of rotatable bonds is 7. The Labute approximate surface area is 180 Å². The number of benzene rings is 2.